The fourth-order valence-electron chi connectivity index (χ4n) is 2.49. The van der Waals surface area contributed by atoms with Gasteiger partial charge in [-0.25, -0.2) is 17.9 Å². The van der Waals surface area contributed by atoms with Crippen LogP contribution in [-0.4, -0.2) is 13.4 Å². The zero-order valence-electron chi connectivity index (χ0n) is 13.2. The van der Waals surface area contributed by atoms with Crippen LogP contribution in [0.15, 0.2) is 64.1 Å². The summed E-state index contributed by atoms with van der Waals surface area (Å²) in [5.74, 6) is -0.691. The van der Waals surface area contributed by atoms with Gasteiger partial charge in [-0.1, -0.05) is 34.1 Å². The van der Waals surface area contributed by atoms with E-state index in [0.29, 0.717) is 11.3 Å². The van der Waals surface area contributed by atoms with Gasteiger partial charge < -0.3 is 0 Å². The van der Waals surface area contributed by atoms with Gasteiger partial charge in [-0.05, 0) is 48.4 Å². The zero-order chi connectivity index (χ0) is 18.2. The van der Waals surface area contributed by atoms with Crippen molar-refractivity contribution in [1.82, 2.24) is 4.98 Å². The van der Waals surface area contributed by atoms with Crippen LogP contribution in [0, 0.1) is 12.7 Å². The Balaban J connectivity index is 2.23. The topological polar surface area (TPSA) is 73.0 Å². The van der Waals surface area contributed by atoms with Crippen molar-refractivity contribution in [3.05, 3.63) is 70.6 Å². The molecule has 25 heavy (non-hydrogen) atoms. The first kappa shape index (κ1) is 17.7. The summed E-state index contributed by atoms with van der Waals surface area (Å²) in [7, 11) is -4.02. The van der Waals surface area contributed by atoms with Crippen molar-refractivity contribution in [2.75, 3.05) is 0 Å². The number of primary sulfonamides is 1. The van der Waals surface area contributed by atoms with Gasteiger partial charge in [-0.15, -0.1) is 0 Å². The molecule has 0 amide bonds. The minimum absolute atomic E-state index is 0.288. The first-order chi connectivity index (χ1) is 11.8. The summed E-state index contributed by atoms with van der Waals surface area (Å²) in [5, 5.41) is 5.14. The van der Waals surface area contributed by atoms with E-state index in [4.69, 9.17) is 5.14 Å². The molecule has 0 radical (unpaired) electrons. The molecule has 1 heterocycles. The van der Waals surface area contributed by atoms with Crippen LogP contribution in [0.5, 0.6) is 0 Å². The largest absolute Gasteiger partial charge is 0.256 e. The maximum absolute atomic E-state index is 13.9. The third kappa shape index (κ3) is 3.78. The SMILES string of the molecule is Cc1ccc(-c2cccnc2-c2cc(F)cc(S(N)(=O)=O)c2)cc1Br. The van der Waals surface area contributed by atoms with E-state index in [9.17, 15) is 12.8 Å². The maximum atomic E-state index is 13.9. The lowest BCUT2D eigenvalue weighted by atomic mass is 9.98. The second-order valence-corrected chi connectivity index (χ2v) is 8.00. The Hall–Kier alpha value is -2.09. The Morgan fingerprint density at radius 3 is 2.52 bits per heavy atom. The average Bonchev–Trinajstić information content (AvgIpc) is 2.56. The van der Waals surface area contributed by atoms with Crippen LogP contribution in [0.25, 0.3) is 22.4 Å². The summed E-state index contributed by atoms with van der Waals surface area (Å²) in [4.78, 5) is 4.04. The predicted octanol–water partition coefficient (Wildman–Crippen LogP) is 4.27. The number of aryl methyl sites for hydroxylation is 1. The third-order valence-electron chi connectivity index (χ3n) is 3.76. The molecule has 3 aromatic rings. The number of aromatic nitrogens is 1. The van der Waals surface area contributed by atoms with Crippen molar-refractivity contribution in [2.24, 2.45) is 5.14 Å². The smallest absolute Gasteiger partial charge is 0.238 e. The molecule has 2 aromatic carbocycles. The highest BCUT2D eigenvalue weighted by molar-refractivity contribution is 9.10. The number of benzene rings is 2. The van der Waals surface area contributed by atoms with Crippen molar-refractivity contribution in [2.45, 2.75) is 11.8 Å². The van der Waals surface area contributed by atoms with E-state index in [1.54, 1.807) is 12.3 Å². The molecule has 0 spiro atoms. The van der Waals surface area contributed by atoms with Crippen molar-refractivity contribution in [3.63, 3.8) is 0 Å². The van der Waals surface area contributed by atoms with Gasteiger partial charge >= 0.3 is 0 Å². The molecule has 2 N–H and O–H groups in total. The second kappa shape index (κ2) is 6.67. The Kier molecular flexibility index (Phi) is 4.73. The Morgan fingerprint density at radius 2 is 1.84 bits per heavy atom. The molecule has 0 atom stereocenters. The summed E-state index contributed by atoms with van der Waals surface area (Å²) < 4.78 is 38.1. The Bertz CT molecular complexity index is 1070. The molecule has 0 unspecified atom stereocenters. The highest BCUT2D eigenvalue weighted by atomic mass is 79.9. The van der Waals surface area contributed by atoms with Crippen LogP contribution in [0.3, 0.4) is 0 Å². The molecule has 0 bridgehead atoms. The quantitative estimate of drug-likeness (QED) is 0.687. The summed E-state index contributed by atoms with van der Waals surface area (Å²) in [6, 6.07) is 12.9. The summed E-state index contributed by atoms with van der Waals surface area (Å²) in [6.07, 6.45) is 1.57. The fraction of sp³-hybridized carbons (Fsp3) is 0.0556. The number of hydrogen-bond acceptors (Lipinski definition) is 3. The van der Waals surface area contributed by atoms with Gasteiger partial charge in [0.15, 0.2) is 0 Å². The van der Waals surface area contributed by atoms with E-state index in [0.717, 1.165) is 27.2 Å². The van der Waals surface area contributed by atoms with Gasteiger partial charge in [0.1, 0.15) is 5.82 Å². The van der Waals surface area contributed by atoms with Gasteiger partial charge in [-0.2, -0.15) is 0 Å². The molecule has 0 fully saturated rings. The van der Waals surface area contributed by atoms with E-state index in [2.05, 4.69) is 20.9 Å². The molecule has 1 aromatic heterocycles. The standard InChI is InChI=1S/C18H14BrFN2O2S/c1-11-4-5-12(9-17(11)19)16-3-2-6-22-18(16)13-7-14(20)10-15(8-13)25(21,23)24/h2-10H,1H3,(H2,21,23,24). The lowest BCUT2D eigenvalue weighted by Gasteiger charge is -2.11. The molecule has 0 saturated carbocycles. The number of rotatable bonds is 3. The van der Waals surface area contributed by atoms with E-state index < -0.39 is 15.8 Å². The zero-order valence-corrected chi connectivity index (χ0v) is 15.6. The van der Waals surface area contributed by atoms with Gasteiger partial charge in [-0.3, -0.25) is 4.98 Å². The number of nitrogens with zero attached hydrogens (tertiary/aromatic N) is 1. The van der Waals surface area contributed by atoms with Crippen molar-refractivity contribution in [1.29, 1.82) is 0 Å². The third-order valence-corrected chi connectivity index (χ3v) is 5.51. The second-order valence-electron chi connectivity index (χ2n) is 5.58. The first-order valence-corrected chi connectivity index (χ1v) is 9.65. The van der Waals surface area contributed by atoms with Crippen LogP contribution in [0.1, 0.15) is 5.56 Å². The molecule has 0 aliphatic carbocycles. The van der Waals surface area contributed by atoms with Gasteiger partial charge in [0, 0.05) is 21.8 Å². The highest BCUT2D eigenvalue weighted by Crippen LogP contribution is 2.33. The lowest BCUT2D eigenvalue weighted by molar-refractivity contribution is 0.592. The van der Waals surface area contributed by atoms with Gasteiger partial charge in [0.2, 0.25) is 10.0 Å². The van der Waals surface area contributed by atoms with Crippen LogP contribution >= 0.6 is 15.9 Å². The number of sulfonamides is 1. The van der Waals surface area contributed by atoms with Crippen LogP contribution in [-0.2, 0) is 10.0 Å². The fourth-order valence-corrected chi connectivity index (χ4v) is 3.44. The molecule has 4 nitrogen and oxygen atoms in total. The molecular weight excluding hydrogens is 407 g/mol. The molecule has 128 valence electrons. The lowest BCUT2D eigenvalue weighted by Crippen LogP contribution is -2.12. The van der Waals surface area contributed by atoms with Crippen molar-refractivity contribution in [3.8, 4) is 22.4 Å². The van der Waals surface area contributed by atoms with Crippen LogP contribution in [0.2, 0.25) is 0 Å². The van der Waals surface area contributed by atoms with E-state index >= 15 is 0 Å². The molecule has 0 aliphatic rings. The van der Waals surface area contributed by atoms with Crippen molar-refractivity contribution >= 4 is 26.0 Å². The number of nitrogens with two attached hydrogens (primary N) is 1. The number of hydrogen-bond donors (Lipinski definition) is 1. The van der Waals surface area contributed by atoms with Crippen LogP contribution < -0.4 is 5.14 Å². The Labute approximate surface area is 153 Å². The summed E-state index contributed by atoms with van der Waals surface area (Å²) in [6.45, 7) is 1.98. The molecular formula is C18H14BrFN2O2S. The Morgan fingerprint density at radius 1 is 1.08 bits per heavy atom. The van der Waals surface area contributed by atoms with Crippen LogP contribution in [0.4, 0.5) is 4.39 Å². The maximum Gasteiger partial charge on any atom is 0.238 e. The average molecular weight is 421 g/mol. The molecule has 7 heteroatoms. The first-order valence-electron chi connectivity index (χ1n) is 7.31. The minimum atomic E-state index is -4.02. The molecule has 0 saturated heterocycles. The summed E-state index contributed by atoms with van der Waals surface area (Å²) >= 11 is 3.50. The summed E-state index contributed by atoms with van der Waals surface area (Å²) in [5.41, 5.74) is 3.53. The normalized spacial score (nSPS) is 11.5. The number of pyridine rings is 1. The molecule has 3 rings (SSSR count). The minimum Gasteiger partial charge on any atom is -0.256 e. The monoisotopic (exact) mass is 420 g/mol. The van der Waals surface area contributed by atoms with E-state index in [1.807, 2.05) is 31.2 Å². The van der Waals surface area contributed by atoms with Gasteiger partial charge in [0.05, 0.1) is 10.6 Å². The van der Waals surface area contributed by atoms with E-state index in [-0.39, 0.29) is 4.90 Å². The van der Waals surface area contributed by atoms with Gasteiger partial charge in [0.25, 0.3) is 0 Å². The highest BCUT2D eigenvalue weighted by Gasteiger charge is 2.15. The van der Waals surface area contributed by atoms with E-state index in [1.165, 1.54) is 12.1 Å². The van der Waals surface area contributed by atoms with Crippen molar-refractivity contribution < 1.29 is 12.8 Å². The predicted molar refractivity (Wildman–Crippen MR) is 98.9 cm³/mol. The molecule has 0 aliphatic heterocycles. The number of halogens is 2.